The summed E-state index contributed by atoms with van der Waals surface area (Å²) in [4.78, 5) is 19.0. The highest BCUT2D eigenvalue weighted by Gasteiger charge is 2.23. The normalized spacial score (nSPS) is 12.8. The SMILES string of the molecule is C=O.CC.CC(C)C.CCc1cnc(N2CCC(COc3c(F)cc(-c4ccc(C)cc4)cc3F)CC2)nc1. The summed E-state index contributed by atoms with van der Waals surface area (Å²) in [6, 6.07) is 10.2. The van der Waals surface area contributed by atoms with Crippen LogP contribution in [0.5, 0.6) is 5.75 Å². The first kappa shape index (κ1) is 33.7. The Bertz CT molecular complexity index is 1060. The first-order chi connectivity index (χ1) is 18.8. The molecule has 0 radical (unpaired) electrons. The van der Waals surface area contributed by atoms with Gasteiger partial charge < -0.3 is 14.4 Å². The fourth-order valence-corrected chi connectivity index (χ4v) is 3.81. The molecule has 2 heterocycles. The summed E-state index contributed by atoms with van der Waals surface area (Å²) >= 11 is 0. The van der Waals surface area contributed by atoms with E-state index >= 15 is 0 Å². The molecule has 0 unspecified atom stereocenters. The zero-order valence-corrected chi connectivity index (χ0v) is 24.6. The molecule has 1 aromatic heterocycles. The Morgan fingerprint density at radius 2 is 1.44 bits per heavy atom. The van der Waals surface area contributed by atoms with Gasteiger partial charge in [-0.1, -0.05) is 71.4 Å². The lowest BCUT2D eigenvalue weighted by Crippen LogP contribution is -2.36. The quantitative estimate of drug-likeness (QED) is 0.316. The number of carbonyl (C=O) groups is 1. The minimum atomic E-state index is -0.669. The van der Waals surface area contributed by atoms with Gasteiger partial charge in [-0.3, -0.25) is 0 Å². The van der Waals surface area contributed by atoms with E-state index in [2.05, 4.69) is 42.6 Å². The Kier molecular flexibility index (Phi) is 15.6. The Morgan fingerprint density at radius 1 is 0.949 bits per heavy atom. The Balaban J connectivity index is 0.000000856. The molecule has 0 aliphatic carbocycles. The molecular formula is C32H45F2N3O2. The summed E-state index contributed by atoms with van der Waals surface area (Å²) in [5.74, 6) is 0.175. The lowest BCUT2D eigenvalue weighted by atomic mass is 9.98. The zero-order chi connectivity index (χ0) is 29.4. The van der Waals surface area contributed by atoms with Crippen LogP contribution in [0.4, 0.5) is 14.7 Å². The van der Waals surface area contributed by atoms with E-state index in [4.69, 9.17) is 9.53 Å². The zero-order valence-electron chi connectivity index (χ0n) is 24.6. The van der Waals surface area contributed by atoms with E-state index in [1.165, 1.54) is 12.1 Å². The number of hydrogen-bond donors (Lipinski definition) is 0. The topological polar surface area (TPSA) is 55.3 Å². The van der Waals surface area contributed by atoms with Crippen LogP contribution in [0.15, 0.2) is 48.8 Å². The van der Waals surface area contributed by atoms with Gasteiger partial charge in [0.05, 0.1) is 6.61 Å². The number of anilines is 1. The van der Waals surface area contributed by atoms with Crippen LogP contribution >= 0.6 is 0 Å². The smallest absolute Gasteiger partial charge is 0.225 e. The summed E-state index contributed by atoms with van der Waals surface area (Å²) in [5.41, 5.74) is 3.49. The van der Waals surface area contributed by atoms with E-state index in [1.54, 1.807) is 0 Å². The van der Waals surface area contributed by atoms with Gasteiger partial charge in [0, 0.05) is 25.5 Å². The van der Waals surface area contributed by atoms with Crippen LogP contribution in [0.25, 0.3) is 11.1 Å². The number of hydrogen-bond acceptors (Lipinski definition) is 5. The van der Waals surface area contributed by atoms with Crippen molar-refractivity contribution in [3.05, 3.63) is 71.6 Å². The molecule has 1 aliphatic heterocycles. The third-order valence-corrected chi connectivity index (χ3v) is 5.84. The van der Waals surface area contributed by atoms with Crippen molar-refractivity contribution in [2.75, 3.05) is 24.6 Å². The maximum atomic E-state index is 14.6. The molecule has 214 valence electrons. The van der Waals surface area contributed by atoms with Gasteiger partial charge in [0.2, 0.25) is 5.95 Å². The molecule has 3 aromatic rings. The van der Waals surface area contributed by atoms with Crippen LogP contribution in [-0.4, -0.2) is 36.5 Å². The molecular weight excluding hydrogens is 496 g/mol. The molecule has 1 aliphatic rings. The number of benzene rings is 2. The van der Waals surface area contributed by atoms with E-state index in [9.17, 15) is 8.78 Å². The van der Waals surface area contributed by atoms with Crippen molar-refractivity contribution in [3.63, 3.8) is 0 Å². The highest BCUT2D eigenvalue weighted by Crippen LogP contribution is 2.30. The van der Waals surface area contributed by atoms with E-state index in [1.807, 2.05) is 64.2 Å². The summed E-state index contributed by atoms with van der Waals surface area (Å²) < 4.78 is 34.8. The lowest BCUT2D eigenvalue weighted by Gasteiger charge is -2.31. The second-order valence-corrected chi connectivity index (χ2v) is 9.85. The fourth-order valence-electron chi connectivity index (χ4n) is 3.81. The van der Waals surface area contributed by atoms with E-state index in [0.717, 1.165) is 60.9 Å². The average molecular weight is 542 g/mol. The van der Waals surface area contributed by atoms with Gasteiger partial charge in [0.1, 0.15) is 6.79 Å². The first-order valence-electron chi connectivity index (χ1n) is 13.8. The summed E-state index contributed by atoms with van der Waals surface area (Å²) in [6.07, 6.45) is 6.37. The van der Waals surface area contributed by atoms with Crippen LogP contribution < -0.4 is 9.64 Å². The molecule has 1 fully saturated rings. The van der Waals surface area contributed by atoms with Gasteiger partial charge in [-0.15, -0.1) is 0 Å². The molecule has 0 bridgehead atoms. The predicted octanol–water partition coefficient (Wildman–Crippen LogP) is 8.09. The van der Waals surface area contributed by atoms with Crippen LogP contribution in [-0.2, 0) is 11.2 Å². The van der Waals surface area contributed by atoms with Crippen molar-refractivity contribution in [3.8, 4) is 16.9 Å². The number of piperidine rings is 1. The Labute approximate surface area is 233 Å². The molecule has 39 heavy (non-hydrogen) atoms. The van der Waals surface area contributed by atoms with Crippen LogP contribution in [0.2, 0.25) is 0 Å². The molecule has 7 heteroatoms. The monoisotopic (exact) mass is 541 g/mol. The molecule has 2 aromatic carbocycles. The Hall–Kier alpha value is -3.35. The molecule has 0 atom stereocenters. The van der Waals surface area contributed by atoms with Gasteiger partial charge in [-0.25, -0.2) is 18.7 Å². The number of rotatable bonds is 6. The highest BCUT2D eigenvalue weighted by atomic mass is 19.1. The van der Waals surface area contributed by atoms with Gasteiger partial charge in [-0.05, 0) is 66.8 Å². The average Bonchev–Trinajstić information content (AvgIpc) is 2.95. The molecule has 4 rings (SSSR count). The molecule has 5 nitrogen and oxygen atoms in total. The minimum Gasteiger partial charge on any atom is -0.487 e. The second-order valence-electron chi connectivity index (χ2n) is 9.85. The number of aromatic nitrogens is 2. The van der Waals surface area contributed by atoms with Crippen molar-refractivity contribution in [2.24, 2.45) is 11.8 Å². The number of carbonyl (C=O) groups excluding carboxylic acids is 1. The van der Waals surface area contributed by atoms with Crippen molar-refractivity contribution >= 4 is 12.7 Å². The number of ether oxygens (including phenoxy) is 1. The Morgan fingerprint density at radius 3 is 1.90 bits per heavy atom. The summed E-state index contributed by atoms with van der Waals surface area (Å²) in [5, 5.41) is 0. The summed E-state index contributed by atoms with van der Waals surface area (Å²) in [6.45, 7) is 18.4. The third-order valence-electron chi connectivity index (χ3n) is 5.84. The first-order valence-corrected chi connectivity index (χ1v) is 13.8. The predicted molar refractivity (Wildman–Crippen MR) is 157 cm³/mol. The van der Waals surface area contributed by atoms with Crippen molar-refractivity contribution < 1.29 is 18.3 Å². The lowest BCUT2D eigenvalue weighted by molar-refractivity contribution is -0.0980. The van der Waals surface area contributed by atoms with Gasteiger partial charge in [0.25, 0.3) is 0 Å². The molecule has 0 spiro atoms. The van der Waals surface area contributed by atoms with Crippen molar-refractivity contribution in [1.29, 1.82) is 0 Å². The molecule has 0 saturated carbocycles. The second kappa shape index (κ2) is 18.0. The van der Waals surface area contributed by atoms with Gasteiger partial charge >= 0.3 is 0 Å². The standard InChI is InChI=1S/C25H27F2N3O.C4H10.C2H6.CH2O/c1-3-18-14-28-25(29-15-18)30-10-8-19(9-11-30)16-31-24-22(26)12-21(13-23(24)27)20-6-4-17(2)5-7-20;1-4(2)3;2*1-2/h4-7,12-15,19H,3,8-11,16H2,1-2H3;4H,1-3H3;1-2H3;1H2. The van der Waals surface area contributed by atoms with E-state index in [-0.39, 0.29) is 11.7 Å². The highest BCUT2D eigenvalue weighted by molar-refractivity contribution is 5.65. The van der Waals surface area contributed by atoms with Crippen molar-refractivity contribution in [1.82, 2.24) is 9.97 Å². The summed E-state index contributed by atoms with van der Waals surface area (Å²) in [7, 11) is 0. The van der Waals surface area contributed by atoms with Gasteiger partial charge in [0.15, 0.2) is 17.4 Å². The molecule has 0 amide bonds. The largest absolute Gasteiger partial charge is 0.487 e. The molecule has 1 saturated heterocycles. The maximum absolute atomic E-state index is 14.6. The number of aryl methyl sites for hydroxylation is 2. The van der Waals surface area contributed by atoms with Gasteiger partial charge in [-0.2, -0.15) is 0 Å². The van der Waals surface area contributed by atoms with E-state index in [0.29, 0.717) is 12.2 Å². The molecule has 0 N–H and O–H groups in total. The van der Waals surface area contributed by atoms with Crippen LogP contribution in [0.3, 0.4) is 0 Å². The fraction of sp³-hybridized carbons (Fsp3) is 0.469. The third kappa shape index (κ3) is 11.1. The number of nitrogens with zero attached hydrogens (tertiary/aromatic N) is 3. The van der Waals surface area contributed by atoms with Crippen LogP contribution in [0.1, 0.15) is 65.5 Å². The number of halogens is 2. The maximum Gasteiger partial charge on any atom is 0.225 e. The minimum absolute atomic E-state index is 0.238. The van der Waals surface area contributed by atoms with Crippen LogP contribution in [0, 0.1) is 30.4 Å². The van der Waals surface area contributed by atoms with Crippen molar-refractivity contribution in [2.45, 2.75) is 67.7 Å². The van der Waals surface area contributed by atoms with E-state index < -0.39 is 11.6 Å².